The molecular weight excluding hydrogens is 252 g/mol. The van der Waals surface area contributed by atoms with Crippen LogP contribution in [0.5, 0.6) is 0 Å². The first-order valence-corrected chi connectivity index (χ1v) is 8.56. The highest BCUT2D eigenvalue weighted by molar-refractivity contribution is 7.91. The quantitative estimate of drug-likeness (QED) is 0.791. The standard InChI is InChI=1S/C12H22N2O3S/c13-6-7-14(11-3-1-2-4-11)12(15)10-5-8-18(16,17)9-10/h10-11H,1-9,13H2. The first kappa shape index (κ1) is 13.8. The Morgan fingerprint density at radius 2 is 1.89 bits per heavy atom. The normalized spacial score (nSPS) is 27.5. The van der Waals surface area contributed by atoms with Crippen molar-refractivity contribution in [2.75, 3.05) is 24.6 Å². The second-order valence-corrected chi connectivity index (χ2v) is 7.59. The third-order valence-corrected chi connectivity index (χ3v) is 5.77. The number of nitrogens with zero attached hydrogens (tertiary/aromatic N) is 1. The molecule has 0 radical (unpaired) electrons. The minimum atomic E-state index is -2.99. The summed E-state index contributed by atoms with van der Waals surface area (Å²) in [5.41, 5.74) is 5.57. The fourth-order valence-corrected chi connectivity index (χ4v) is 4.78. The number of nitrogens with two attached hydrogens (primary N) is 1. The summed E-state index contributed by atoms with van der Waals surface area (Å²) >= 11 is 0. The van der Waals surface area contributed by atoms with Gasteiger partial charge in [-0.15, -0.1) is 0 Å². The van der Waals surface area contributed by atoms with Crippen LogP contribution in [0.15, 0.2) is 0 Å². The van der Waals surface area contributed by atoms with Crippen LogP contribution in [-0.2, 0) is 14.6 Å². The van der Waals surface area contributed by atoms with Crippen molar-refractivity contribution in [1.29, 1.82) is 0 Å². The highest BCUT2D eigenvalue weighted by Crippen LogP contribution is 2.27. The molecule has 1 atom stereocenters. The topological polar surface area (TPSA) is 80.5 Å². The number of hydrogen-bond acceptors (Lipinski definition) is 4. The molecule has 1 unspecified atom stereocenters. The fraction of sp³-hybridized carbons (Fsp3) is 0.917. The van der Waals surface area contributed by atoms with Crippen molar-refractivity contribution in [3.8, 4) is 0 Å². The molecule has 2 fully saturated rings. The van der Waals surface area contributed by atoms with Crippen LogP contribution in [0.2, 0.25) is 0 Å². The van der Waals surface area contributed by atoms with Gasteiger partial charge in [-0.3, -0.25) is 4.79 Å². The average molecular weight is 274 g/mol. The van der Waals surface area contributed by atoms with Gasteiger partial charge in [0.1, 0.15) is 0 Å². The molecule has 6 heteroatoms. The van der Waals surface area contributed by atoms with Gasteiger partial charge in [-0.05, 0) is 19.3 Å². The van der Waals surface area contributed by atoms with E-state index < -0.39 is 9.84 Å². The number of amides is 1. The Balaban J connectivity index is 2.04. The van der Waals surface area contributed by atoms with Crippen LogP contribution < -0.4 is 5.73 Å². The molecule has 2 aliphatic rings. The SMILES string of the molecule is NCCN(C(=O)C1CCS(=O)(=O)C1)C1CCCC1. The van der Waals surface area contributed by atoms with E-state index in [9.17, 15) is 13.2 Å². The van der Waals surface area contributed by atoms with Crippen molar-refractivity contribution in [3.63, 3.8) is 0 Å². The fourth-order valence-electron chi connectivity index (χ4n) is 3.05. The van der Waals surface area contributed by atoms with Gasteiger partial charge >= 0.3 is 0 Å². The molecule has 0 aromatic rings. The van der Waals surface area contributed by atoms with E-state index >= 15 is 0 Å². The first-order valence-electron chi connectivity index (χ1n) is 6.74. The van der Waals surface area contributed by atoms with Crippen molar-refractivity contribution < 1.29 is 13.2 Å². The molecule has 0 bridgehead atoms. The average Bonchev–Trinajstić information content (AvgIpc) is 2.94. The summed E-state index contributed by atoms with van der Waals surface area (Å²) in [6.07, 6.45) is 4.86. The number of sulfone groups is 1. The molecule has 1 amide bonds. The third kappa shape index (κ3) is 3.03. The summed E-state index contributed by atoms with van der Waals surface area (Å²) in [6.45, 7) is 1.00. The molecule has 5 nitrogen and oxygen atoms in total. The van der Waals surface area contributed by atoms with E-state index in [1.807, 2.05) is 4.90 Å². The Labute approximate surface area is 109 Å². The lowest BCUT2D eigenvalue weighted by molar-refractivity contribution is -0.136. The third-order valence-electron chi connectivity index (χ3n) is 4.00. The molecule has 2 N–H and O–H groups in total. The second-order valence-electron chi connectivity index (χ2n) is 5.36. The monoisotopic (exact) mass is 274 g/mol. The van der Waals surface area contributed by atoms with Gasteiger partial charge in [-0.2, -0.15) is 0 Å². The zero-order valence-corrected chi connectivity index (χ0v) is 11.5. The summed E-state index contributed by atoms with van der Waals surface area (Å²) in [5, 5.41) is 0. The lowest BCUT2D eigenvalue weighted by Crippen LogP contribution is -2.45. The lowest BCUT2D eigenvalue weighted by atomic mass is 10.1. The maximum Gasteiger partial charge on any atom is 0.227 e. The largest absolute Gasteiger partial charge is 0.338 e. The zero-order chi connectivity index (χ0) is 13.2. The molecule has 0 aromatic carbocycles. The van der Waals surface area contributed by atoms with Crippen LogP contribution in [0, 0.1) is 5.92 Å². The van der Waals surface area contributed by atoms with Gasteiger partial charge in [0.2, 0.25) is 5.91 Å². The summed E-state index contributed by atoms with van der Waals surface area (Å²) in [5.74, 6) is -0.139. The van der Waals surface area contributed by atoms with Gasteiger partial charge in [0, 0.05) is 19.1 Å². The van der Waals surface area contributed by atoms with Gasteiger partial charge < -0.3 is 10.6 Å². The predicted octanol–water partition coefficient (Wildman–Crippen LogP) is 0.151. The summed E-state index contributed by atoms with van der Waals surface area (Å²) < 4.78 is 22.9. The summed E-state index contributed by atoms with van der Waals surface area (Å²) in [6, 6.07) is 0.282. The van der Waals surface area contributed by atoms with E-state index in [0.717, 1.165) is 25.7 Å². The van der Waals surface area contributed by atoms with Gasteiger partial charge in [0.05, 0.1) is 17.4 Å². The Morgan fingerprint density at radius 3 is 2.39 bits per heavy atom. The van der Waals surface area contributed by atoms with Crippen LogP contribution in [0.25, 0.3) is 0 Å². The predicted molar refractivity (Wildman–Crippen MR) is 69.8 cm³/mol. The Bertz CT molecular complexity index is 402. The molecular formula is C12H22N2O3S. The van der Waals surface area contributed by atoms with E-state index in [0.29, 0.717) is 19.5 Å². The van der Waals surface area contributed by atoms with Crippen LogP contribution in [-0.4, -0.2) is 49.9 Å². The van der Waals surface area contributed by atoms with Crippen LogP contribution in [0.3, 0.4) is 0 Å². The maximum absolute atomic E-state index is 12.4. The molecule has 104 valence electrons. The van der Waals surface area contributed by atoms with Crippen molar-refractivity contribution in [3.05, 3.63) is 0 Å². The van der Waals surface area contributed by atoms with Crippen molar-refractivity contribution in [2.45, 2.75) is 38.1 Å². The highest BCUT2D eigenvalue weighted by Gasteiger charge is 2.37. The molecule has 1 saturated carbocycles. The lowest BCUT2D eigenvalue weighted by Gasteiger charge is -2.30. The van der Waals surface area contributed by atoms with E-state index in [2.05, 4.69) is 0 Å². The zero-order valence-electron chi connectivity index (χ0n) is 10.7. The molecule has 18 heavy (non-hydrogen) atoms. The van der Waals surface area contributed by atoms with Crippen molar-refractivity contribution >= 4 is 15.7 Å². The minimum Gasteiger partial charge on any atom is -0.338 e. The first-order chi connectivity index (χ1) is 8.53. The second kappa shape index (κ2) is 5.57. The maximum atomic E-state index is 12.4. The molecule has 1 saturated heterocycles. The van der Waals surface area contributed by atoms with E-state index in [4.69, 9.17) is 5.73 Å². The number of carbonyl (C=O) groups is 1. The summed E-state index contributed by atoms with van der Waals surface area (Å²) in [4.78, 5) is 14.3. The van der Waals surface area contributed by atoms with Crippen LogP contribution >= 0.6 is 0 Å². The Kier molecular flexibility index (Phi) is 4.27. The van der Waals surface area contributed by atoms with Gasteiger partial charge in [0.15, 0.2) is 9.84 Å². The number of hydrogen-bond donors (Lipinski definition) is 1. The smallest absolute Gasteiger partial charge is 0.227 e. The van der Waals surface area contributed by atoms with Crippen LogP contribution in [0.4, 0.5) is 0 Å². The van der Waals surface area contributed by atoms with E-state index in [-0.39, 0.29) is 29.4 Å². The number of carbonyl (C=O) groups excluding carboxylic acids is 1. The molecule has 0 aromatic heterocycles. The van der Waals surface area contributed by atoms with Crippen molar-refractivity contribution in [2.24, 2.45) is 11.7 Å². The number of rotatable bonds is 4. The van der Waals surface area contributed by atoms with Crippen molar-refractivity contribution in [1.82, 2.24) is 4.90 Å². The van der Waals surface area contributed by atoms with Gasteiger partial charge in [-0.25, -0.2) is 8.42 Å². The molecule has 0 spiro atoms. The highest BCUT2D eigenvalue weighted by atomic mass is 32.2. The van der Waals surface area contributed by atoms with E-state index in [1.165, 1.54) is 0 Å². The Hall–Kier alpha value is -0.620. The minimum absolute atomic E-state index is 0.00780. The molecule has 1 aliphatic heterocycles. The van der Waals surface area contributed by atoms with Crippen LogP contribution in [0.1, 0.15) is 32.1 Å². The Morgan fingerprint density at radius 1 is 1.22 bits per heavy atom. The molecule has 1 heterocycles. The molecule has 2 rings (SSSR count). The van der Waals surface area contributed by atoms with Gasteiger partial charge in [0.25, 0.3) is 0 Å². The molecule has 1 aliphatic carbocycles. The van der Waals surface area contributed by atoms with Gasteiger partial charge in [-0.1, -0.05) is 12.8 Å². The van der Waals surface area contributed by atoms with E-state index in [1.54, 1.807) is 0 Å². The summed E-state index contributed by atoms with van der Waals surface area (Å²) in [7, 11) is -2.99.